The zero-order chi connectivity index (χ0) is 15.6. The van der Waals surface area contributed by atoms with Crippen LogP contribution in [0.5, 0.6) is 0 Å². The molecule has 0 aliphatic carbocycles. The highest BCUT2D eigenvalue weighted by Gasteiger charge is 2.19. The van der Waals surface area contributed by atoms with E-state index in [0.29, 0.717) is 6.07 Å². The van der Waals surface area contributed by atoms with Crippen LogP contribution in [0.15, 0.2) is 33.5 Å². The molecule has 0 fully saturated rings. The van der Waals surface area contributed by atoms with Crippen molar-refractivity contribution in [2.24, 2.45) is 0 Å². The lowest BCUT2D eigenvalue weighted by atomic mass is 10.1. The van der Waals surface area contributed by atoms with Crippen LogP contribution in [-0.4, -0.2) is 19.0 Å². The highest BCUT2D eigenvalue weighted by molar-refractivity contribution is 9.10. The number of halogens is 3. The van der Waals surface area contributed by atoms with Crippen LogP contribution in [-0.2, 0) is 4.74 Å². The second kappa shape index (κ2) is 6.04. The Balaban J connectivity index is 2.34. The van der Waals surface area contributed by atoms with E-state index in [0.717, 1.165) is 13.2 Å². The summed E-state index contributed by atoms with van der Waals surface area (Å²) in [4.78, 5) is 23.3. The molecule has 0 aliphatic rings. The number of benzene rings is 1. The Bertz CT molecular complexity index is 714. The van der Waals surface area contributed by atoms with Crippen molar-refractivity contribution in [1.82, 2.24) is 0 Å². The van der Waals surface area contributed by atoms with Crippen LogP contribution in [0.1, 0.15) is 20.7 Å². The van der Waals surface area contributed by atoms with E-state index < -0.39 is 29.1 Å². The van der Waals surface area contributed by atoms with E-state index in [1.165, 1.54) is 12.3 Å². The molecule has 5 nitrogen and oxygen atoms in total. The number of rotatable bonds is 3. The minimum atomic E-state index is -1.08. The van der Waals surface area contributed by atoms with Crippen molar-refractivity contribution in [3.8, 4) is 0 Å². The number of furan rings is 1. The maximum absolute atomic E-state index is 13.7. The zero-order valence-corrected chi connectivity index (χ0v) is 12.2. The summed E-state index contributed by atoms with van der Waals surface area (Å²) in [7, 11) is 1.06. The Labute approximate surface area is 126 Å². The molecule has 1 heterocycles. The van der Waals surface area contributed by atoms with Gasteiger partial charge in [0.05, 0.1) is 30.2 Å². The molecule has 1 amide bonds. The number of hydrogen-bond acceptors (Lipinski definition) is 4. The topological polar surface area (TPSA) is 68.5 Å². The average Bonchev–Trinajstić information content (AvgIpc) is 2.87. The predicted molar refractivity (Wildman–Crippen MR) is 72.1 cm³/mol. The Hall–Kier alpha value is -2.22. The predicted octanol–water partition coefficient (Wildman–Crippen LogP) is 3.36. The SMILES string of the molecule is COC(=O)c1cc(NC(=O)c2ccoc2Br)c(F)cc1F. The smallest absolute Gasteiger partial charge is 0.340 e. The van der Waals surface area contributed by atoms with E-state index in [1.54, 1.807) is 0 Å². The number of esters is 1. The van der Waals surface area contributed by atoms with Gasteiger partial charge in [-0.1, -0.05) is 0 Å². The van der Waals surface area contributed by atoms with E-state index in [2.05, 4.69) is 26.0 Å². The fourth-order valence-electron chi connectivity index (χ4n) is 1.56. The van der Waals surface area contributed by atoms with Crippen molar-refractivity contribution in [2.45, 2.75) is 0 Å². The molecule has 2 rings (SSSR count). The van der Waals surface area contributed by atoms with Crippen LogP contribution in [0.4, 0.5) is 14.5 Å². The number of anilines is 1. The van der Waals surface area contributed by atoms with Gasteiger partial charge in [0.15, 0.2) is 4.67 Å². The van der Waals surface area contributed by atoms with E-state index in [4.69, 9.17) is 4.42 Å². The third-order valence-corrected chi connectivity index (χ3v) is 3.19. The summed E-state index contributed by atoms with van der Waals surface area (Å²) in [5.41, 5.74) is -0.714. The van der Waals surface area contributed by atoms with E-state index in [1.807, 2.05) is 0 Å². The van der Waals surface area contributed by atoms with Crippen molar-refractivity contribution in [3.63, 3.8) is 0 Å². The normalized spacial score (nSPS) is 10.3. The lowest BCUT2D eigenvalue weighted by Crippen LogP contribution is -2.14. The Morgan fingerprint density at radius 1 is 1.24 bits per heavy atom. The first kappa shape index (κ1) is 15.2. The second-order valence-corrected chi connectivity index (χ2v) is 4.59. The molecule has 0 saturated carbocycles. The molecule has 0 unspecified atom stereocenters. The van der Waals surface area contributed by atoms with Crippen molar-refractivity contribution in [1.29, 1.82) is 0 Å². The van der Waals surface area contributed by atoms with Gasteiger partial charge in [-0.15, -0.1) is 0 Å². The fraction of sp³-hybridized carbons (Fsp3) is 0.0769. The highest BCUT2D eigenvalue weighted by Crippen LogP contribution is 2.23. The number of ether oxygens (including phenoxy) is 1. The summed E-state index contributed by atoms with van der Waals surface area (Å²) in [6.07, 6.45) is 1.26. The van der Waals surface area contributed by atoms with Crippen LogP contribution in [0.2, 0.25) is 0 Å². The largest absolute Gasteiger partial charge is 0.465 e. The number of hydrogen-bond donors (Lipinski definition) is 1. The van der Waals surface area contributed by atoms with Crippen LogP contribution in [0.3, 0.4) is 0 Å². The Kier molecular flexibility index (Phi) is 4.37. The molecule has 1 aromatic carbocycles. The van der Waals surface area contributed by atoms with Gasteiger partial charge in [-0.05, 0) is 28.1 Å². The number of methoxy groups -OCH3 is 1. The molecule has 21 heavy (non-hydrogen) atoms. The van der Waals surface area contributed by atoms with E-state index in [-0.39, 0.29) is 15.9 Å². The fourth-order valence-corrected chi connectivity index (χ4v) is 1.98. The third kappa shape index (κ3) is 3.10. The lowest BCUT2D eigenvalue weighted by molar-refractivity contribution is 0.0595. The standard InChI is InChI=1S/C13H8BrF2NO4/c1-20-13(19)7-4-10(9(16)5-8(7)15)17-12(18)6-2-3-21-11(6)14/h2-5H,1H3,(H,17,18). The highest BCUT2D eigenvalue weighted by atomic mass is 79.9. The summed E-state index contributed by atoms with van der Waals surface area (Å²) in [5.74, 6) is -3.76. The summed E-state index contributed by atoms with van der Waals surface area (Å²) in [6, 6.07) is 2.72. The average molecular weight is 360 g/mol. The molecular weight excluding hydrogens is 352 g/mol. The van der Waals surface area contributed by atoms with Crippen molar-refractivity contribution < 1.29 is 27.5 Å². The Morgan fingerprint density at radius 2 is 1.95 bits per heavy atom. The molecule has 0 atom stereocenters. The summed E-state index contributed by atoms with van der Waals surface area (Å²) >= 11 is 3.00. The molecule has 0 spiro atoms. The zero-order valence-electron chi connectivity index (χ0n) is 10.6. The van der Waals surface area contributed by atoms with Gasteiger partial charge in [0.25, 0.3) is 5.91 Å². The van der Waals surface area contributed by atoms with Gasteiger partial charge in [-0.2, -0.15) is 0 Å². The van der Waals surface area contributed by atoms with Gasteiger partial charge in [-0.25, -0.2) is 13.6 Å². The first-order valence-corrected chi connectivity index (χ1v) is 6.35. The minimum absolute atomic E-state index is 0.123. The number of amides is 1. The van der Waals surface area contributed by atoms with Crippen LogP contribution in [0.25, 0.3) is 0 Å². The number of carbonyl (C=O) groups excluding carboxylic acids is 2. The van der Waals surface area contributed by atoms with Gasteiger partial charge in [0, 0.05) is 6.07 Å². The van der Waals surface area contributed by atoms with Gasteiger partial charge < -0.3 is 14.5 Å². The quantitative estimate of drug-likeness (QED) is 0.853. The van der Waals surface area contributed by atoms with Crippen LogP contribution < -0.4 is 5.32 Å². The van der Waals surface area contributed by atoms with Gasteiger partial charge in [0.1, 0.15) is 11.6 Å². The summed E-state index contributed by atoms with van der Waals surface area (Å²) < 4.78 is 36.5. The lowest BCUT2D eigenvalue weighted by Gasteiger charge is -2.08. The van der Waals surface area contributed by atoms with Crippen LogP contribution >= 0.6 is 15.9 Å². The van der Waals surface area contributed by atoms with Crippen molar-refractivity contribution in [2.75, 3.05) is 12.4 Å². The van der Waals surface area contributed by atoms with E-state index >= 15 is 0 Å². The van der Waals surface area contributed by atoms with Crippen LogP contribution in [0, 0.1) is 11.6 Å². The molecule has 0 bridgehead atoms. The van der Waals surface area contributed by atoms with Crippen molar-refractivity contribution in [3.05, 3.63) is 51.9 Å². The van der Waals surface area contributed by atoms with Gasteiger partial charge >= 0.3 is 5.97 Å². The maximum Gasteiger partial charge on any atom is 0.340 e. The minimum Gasteiger partial charge on any atom is -0.465 e. The first-order chi connectivity index (χ1) is 9.93. The molecule has 1 N–H and O–H groups in total. The number of carbonyl (C=O) groups is 2. The van der Waals surface area contributed by atoms with E-state index in [9.17, 15) is 18.4 Å². The molecule has 0 saturated heterocycles. The molecule has 0 radical (unpaired) electrons. The van der Waals surface area contributed by atoms with Crippen molar-refractivity contribution >= 4 is 33.5 Å². The molecule has 1 aromatic heterocycles. The molecule has 110 valence electrons. The molecule has 0 aliphatic heterocycles. The Morgan fingerprint density at radius 3 is 2.52 bits per heavy atom. The van der Waals surface area contributed by atoms with Gasteiger partial charge in [-0.3, -0.25) is 4.79 Å². The first-order valence-electron chi connectivity index (χ1n) is 5.55. The molecular formula is C13H8BrF2NO4. The maximum atomic E-state index is 13.7. The number of nitrogens with one attached hydrogen (secondary N) is 1. The third-order valence-electron chi connectivity index (χ3n) is 2.57. The second-order valence-electron chi connectivity index (χ2n) is 3.87. The summed E-state index contributed by atoms with van der Waals surface area (Å²) in [5, 5.41) is 2.22. The summed E-state index contributed by atoms with van der Waals surface area (Å²) in [6.45, 7) is 0. The monoisotopic (exact) mass is 359 g/mol. The molecule has 8 heteroatoms. The van der Waals surface area contributed by atoms with Gasteiger partial charge in [0.2, 0.25) is 0 Å². The molecule has 2 aromatic rings.